The molecular formula is C17H22N2O. The highest BCUT2D eigenvalue weighted by molar-refractivity contribution is 5.95. The number of rotatable bonds is 4. The Labute approximate surface area is 120 Å². The summed E-state index contributed by atoms with van der Waals surface area (Å²) in [6, 6.07) is 9.94. The van der Waals surface area contributed by atoms with E-state index in [2.05, 4.69) is 19.2 Å². The fraction of sp³-hybridized carbons (Fsp3) is 0.353. The van der Waals surface area contributed by atoms with Gasteiger partial charge in [0.15, 0.2) is 0 Å². The van der Waals surface area contributed by atoms with Gasteiger partial charge in [0.05, 0.1) is 0 Å². The Morgan fingerprint density at radius 2 is 1.80 bits per heavy atom. The third kappa shape index (κ3) is 3.10. The standard InChI is InChI=1S/C17H22N2O/c1-12(2)14(4)18-17(20)15-8-7-13(3)16(11-15)19-9-5-6-10-19/h5-12,14H,1-4H3,(H,18,20). The van der Waals surface area contributed by atoms with Gasteiger partial charge in [0, 0.05) is 29.7 Å². The summed E-state index contributed by atoms with van der Waals surface area (Å²) in [7, 11) is 0. The summed E-state index contributed by atoms with van der Waals surface area (Å²) < 4.78 is 2.03. The minimum absolute atomic E-state index is 0.0143. The zero-order chi connectivity index (χ0) is 14.7. The van der Waals surface area contributed by atoms with Crippen molar-refractivity contribution in [3.63, 3.8) is 0 Å². The second-order valence-electron chi connectivity index (χ2n) is 5.60. The first-order valence-electron chi connectivity index (χ1n) is 7.04. The van der Waals surface area contributed by atoms with Crippen LogP contribution in [0, 0.1) is 12.8 Å². The quantitative estimate of drug-likeness (QED) is 0.905. The van der Waals surface area contributed by atoms with Crippen molar-refractivity contribution in [2.75, 3.05) is 0 Å². The molecule has 3 heteroatoms. The molecular weight excluding hydrogens is 248 g/mol. The van der Waals surface area contributed by atoms with Crippen molar-refractivity contribution in [2.24, 2.45) is 5.92 Å². The highest BCUT2D eigenvalue weighted by Crippen LogP contribution is 2.17. The molecule has 20 heavy (non-hydrogen) atoms. The molecule has 0 aliphatic heterocycles. The monoisotopic (exact) mass is 270 g/mol. The largest absolute Gasteiger partial charge is 0.349 e. The number of hydrogen-bond donors (Lipinski definition) is 1. The lowest BCUT2D eigenvalue weighted by Crippen LogP contribution is -2.36. The van der Waals surface area contributed by atoms with Crippen LogP contribution in [0.25, 0.3) is 5.69 Å². The molecule has 1 atom stereocenters. The van der Waals surface area contributed by atoms with Gasteiger partial charge in [-0.3, -0.25) is 4.79 Å². The normalized spacial score (nSPS) is 12.4. The molecule has 0 bridgehead atoms. The Kier molecular flexibility index (Phi) is 4.28. The first-order valence-corrected chi connectivity index (χ1v) is 7.04. The van der Waals surface area contributed by atoms with Gasteiger partial charge in [-0.15, -0.1) is 0 Å². The molecule has 0 aliphatic carbocycles. The highest BCUT2D eigenvalue weighted by Gasteiger charge is 2.13. The Balaban J connectivity index is 2.26. The number of nitrogens with zero attached hydrogens (tertiary/aromatic N) is 1. The number of aromatic nitrogens is 1. The lowest BCUT2D eigenvalue weighted by atomic mass is 10.0. The van der Waals surface area contributed by atoms with E-state index in [9.17, 15) is 4.79 Å². The number of carbonyl (C=O) groups is 1. The van der Waals surface area contributed by atoms with Crippen LogP contribution >= 0.6 is 0 Å². The van der Waals surface area contributed by atoms with Gasteiger partial charge >= 0.3 is 0 Å². The average molecular weight is 270 g/mol. The zero-order valence-corrected chi connectivity index (χ0v) is 12.6. The van der Waals surface area contributed by atoms with Crippen molar-refractivity contribution in [1.82, 2.24) is 9.88 Å². The fourth-order valence-corrected chi connectivity index (χ4v) is 1.98. The molecule has 2 rings (SSSR count). The average Bonchev–Trinajstić information content (AvgIpc) is 2.92. The SMILES string of the molecule is Cc1ccc(C(=O)NC(C)C(C)C)cc1-n1cccc1. The molecule has 2 aromatic rings. The number of nitrogens with one attached hydrogen (secondary N) is 1. The fourth-order valence-electron chi connectivity index (χ4n) is 1.98. The van der Waals surface area contributed by atoms with Gasteiger partial charge in [0.1, 0.15) is 0 Å². The molecule has 3 nitrogen and oxygen atoms in total. The second-order valence-corrected chi connectivity index (χ2v) is 5.60. The first-order chi connectivity index (χ1) is 9.49. The second kappa shape index (κ2) is 5.95. The molecule has 0 saturated heterocycles. The Morgan fingerprint density at radius 3 is 2.40 bits per heavy atom. The van der Waals surface area contributed by atoms with Gasteiger partial charge in [-0.25, -0.2) is 0 Å². The predicted molar refractivity (Wildman–Crippen MR) is 82.3 cm³/mol. The number of hydrogen-bond acceptors (Lipinski definition) is 1. The number of aryl methyl sites for hydroxylation is 1. The van der Waals surface area contributed by atoms with Crippen LogP contribution in [0.15, 0.2) is 42.7 Å². The number of carbonyl (C=O) groups excluding carboxylic acids is 1. The lowest BCUT2D eigenvalue weighted by molar-refractivity contribution is 0.0930. The summed E-state index contributed by atoms with van der Waals surface area (Å²) in [5.74, 6) is 0.410. The molecule has 0 fully saturated rings. The van der Waals surface area contributed by atoms with Crippen LogP contribution in [0.2, 0.25) is 0 Å². The molecule has 1 amide bonds. The van der Waals surface area contributed by atoms with E-state index in [0.717, 1.165) is 11.3 Å². The van der Waals surface area contributed by atoms with Crippen LogP contribution in [0.5, 0.6) is 0 Å². The number of benzene rings is 1. The van der Waals surface area contributed by atoms with E-state index in [1.165, 1.54) is 0 Å². The van der Waals surface area contributed by atoms with Crippen molar-refractivity contribution in [2.45, 2.75) is 33.7 Å². The maximum Gasteiger partial charge on any atom is 0.251 e. The van der Waals surface area contributed by atoms with Crippen LogP contribution < -0.4 is 5.32 Å². The van der Waals surface area contributed by atoms with Crippen LogP contribution in [-0.2, 0) is 0 Å². The molecule has 1 heterocycles. The molecule has 0 spiro atoms. The summed E-state index contributed by atoms with van der Waals surface area (Å²) in [5.41, 5.74) is 2.89. The van der Waals surface area contributed by atoms with Gasteiger partial charge < -0.3 is 9.88 Å². The molecule has 0 radical (unpaired) electrons. The molecule has 1 N–H and O–H groups in total. The minimum Gasteiger partial charge on any atom is -0.349 e. The summed E-state index contributed by atoms with van der Waals surface area (Å²) in [6.45, 7) is 8.29. The van der Waals surface area contributed by atoms with Crippen molar-refractivity contribution < 1.29 is 4.79 Å². The van der Waals surface area contributed by atoms with Gasteiger partial charge in [0.25, 0.3) is 5.91 Å². The van der Waals surface area contributed by atoms with Crippen LogP contribution in [0.1, 0.15) is 36.7 Å². The third-order valence-electron chi connectivity index (χ3n) is 3.71. The molecule has 106 valence electrons. The summed E-state index contributed by atoms with van der Waals surface area (Å²) in [6.07, 6.45) is 3.97. The smallest absolute Gasteiger partial charge is 0.251 e. The molecule has 0 saturated carbocycles. The van der Waals surface area contributed by atoms with E-state index in [0.29, 0.717) is 11.5 Å². The van der Waals surface area contributed by atoms with Crippen LogP contribution in [0.4, 0.5) is 0 Å². The topological polar surface area (TPSA) is 34.0 Å². The van der Waals surface area contributed by atoms with Gasteiger partial charge in [0.2, 0.25) is 0 Å². The van der Waals surface area contributed by atoms with E-state index in [4.69, 9.17) is 0 Å². The molecule has 1 aromatic heterocycles. The van der Waals surface area contributed by atoms with Crippen molar-refractivity contribution in [3.05, 3.63) is 53.9 Å². The van der Waals surface area contributed by atoms with E-state index >= 15 is 0 Å². The van der Waals surface area contributed by atoms with Crippen LogP contribution in [-0.4, -0.2) is 16.5 Å². The third-order valence-corrected chi connectivity index (χ3v) is 3.71. The van der Waals surface area contributed by atoms with Gasteiger partial charge in [-0.05, 0) is 49.6 Å². The molecule has 0 aliphatic rings. The Hall–Kier alpha value is -2.03. The van der Waals surface area contributed by atoms with Crippen molar-refractivity contribution >= 4 is 5.91 Å². The minimum atomic E-state index is -0.0143. The summed E-state index contributed by atoms with van der Waals surface area (Å²) >= 11 is 0. The Bertz CT molecular complexity index is 585. The van der Waals surface area contributed by atoms with E-state index in [1.54, 1.807) is 0 Å². The maximum atomic E-state index is 12.3. The summed E-state index contributed by atoms with van der Waals surface area (Å²) in [4.78, 5) is 12.3. The lowest BCUT2D eigenvalue weighted by Gasteiger charge is -2.18. The van der Waals surface area contributed by atoms with Crippen LogP contribution in [0.3, 0.4) is 0 Å². The first kappa shape index (κ1) is 14.4. The molecule has 1 aromatic carbocycles. The highest BCUT2D eigenvalue weighted by atomic mass is 16.1. The molecule has 1 unspecified atom stereocenters. The zero-order valence-electron chi connectivity index (χ0n) is 12.6. The van der Waals surface area contributed by atoms with E-state index < -0.39 is 0 Å². The summed E-state index contributed by atoms with van der Waals surface area (Å²) in [5, 5.41) is 3.04. The van der Waals surface area contributed by atoms with Gasteiger partial charge in [-0.1, -0.05) is 19.9 Å². The number of amides is 1. The van der Waals surface area contributed by atoms with Crippen molar-refractivity contribution in [1.29, 1.82) is 0 Å². The van der Waals surface area contributed by atoms with E-state index in [1.807, 2.05) is 61.1 Å². The van der Waals surface area contributed by atoms with Gasteiger partial charge in [-0.2, -0.15) is 0 Å². The van der Waals surface area contributed by atoms with Crippen molar-refractivity contribution in [3.8, 4) is 5.69 Å². The maximum absolute atomic E-state index is 12.3. The predicted octanol–water partition coefficient (Wildman–Crippen LogP) is 3.56. The Morgan fingerprint density at radius 1 is 1.15 bits per heavy atom. The van der Waals surface area contributed by atoms with E-state index in [-0.39, 0.29) is 11.9 Å².